The number of aromatic nitrogens is 3. The number of ether oxygens (including phenoxy) is 1. The number of methoxy groups -OCH3 is 1. The van der Waals surface area contributed by atoms with Gasteiger partial charge in [-0.15, -0.1) is 0 Å². The van der Waals surface area contributed by atoms with Crippen LogP contribution in [-0.4, -0.2) is 37.3 Å². The van der Waals surface area contributed by atoms with Crippen LogP contribution >= 0.6 is 34.2 Å². The van der Waals surface area contributed by atoms with E-state index in [1.807, 2.05) is 0 Å². The molecule has 0 unspecified atom stereocenters. The molecule has 2 heterocycles. The molecule has 0 saturated carbocycles. The van der Waals surface area contributed by atoms with Gasteiger partial charge >= 0.3 is 0 Å². The third kappa shape index (κ3) is 2.96. The zero-order chi connectivity index (χ0) is 17.5. The van der Waals surface area contributed by atoms with Crippen LogP contribution in [-0.2, 0) is 10.0 Å². The molecule has 3 rings (SSSR count). The number of nitrogens with zero attached hydrogens (tertiary/aromatic N) is 3. The largest absolute Gasteiger partial charge is 0.494 e. The first-order valence-electron chi connectivity index (χ1n) is 6.69. The highest BCUT2D eigenvalue weighted by molar-refractivity contribution is 14.1. The number of pyridine rings is 1. The summed E-state index contributed by atoms with van der Waals surface area (Å²) in [5, 5.41) is 5.66. The molecule has 0 aliphatic rings. The molecule has 0 fully saturated rings. The number of fused-ring (bicyclic) bond motifs is 1. The second-order valence-electron chi connectivity index (χ2n) is 4.77. The van der Waals surface area contributed by atoms with E-state index < -0.39 is 10.0 Å². The van der Waals surface area contributed by atoms with Crippen molar-refractivity contribution in [3.05, 3.63) is 39.3 Å². The van der Waals surface area contributed by atoms with Crippen molar-refractivity contribution < 1.29 is 13.2 Å². The summed E-state index contributed by atoms with van der Waals surface area (Å²) in [6.07, 6.45) is 1.65. The Morgan fingerprint density at radius 1 is 1.33 bits per heavy atom. The highest BCUT2D eigenvalue weighted by Gasteiger charge is 2.18. The van der Waals surface area contributed by atoms with Crippen molar-refractivity contribution in [2.24, 2.45) is 0 Å². The fraction of sp³-hybridized carbons (Fsp3) is 0.143. The quantitative estimate of drug-likeness (QED) is 0.460. The van der Waals surface area contributed by atoms with E-state index in [0.717, 1.165) is 14.6 Å². The van der Waals surface area contributed by atoms with Gasteiger partial charge in [-0.1, -0.05) is 11.6 Å². The Morgan fingerprint density at radius 2 is 2.08 bits per heavy atom. The molecule has 0 aliphatic carbocycles. The fourth-order valence-corrected chi connectivity index (χ4v) is 3.78. The third-order valence-electron chi connectivity index (χ3n) is 3.45. The summed E-state index contributed by atoms with van der Waals surface area (Å²) in [7, 11) is -0.739. The fourth-order valence-electron chi connectivity index (χ4n) is 2.25. The highest BCUT2D eigenvalue weighted by atomic mass is 127. The maximum absolute atomic E-state index is 12.0. The summed E-state index contributed by atoms with van der Waals surface area (Å²) in [6, 6.07) is 6.28. The molecule has 0 bridgehead atoms. The van der Waals surface area contributed by atoms with Gasteiger partial charge in [0.2, 0.25) is 10.0 Å². The predicted octanol–water partition coefficient (Wildman–Crippen LogP) is 2.60. The summed E-state index contributed by atoms with van der Waals surface area (Å²) >= 11 is 8.10. The average molecular weight is 479 g/mol. The van der Waals surface area contributed by atoms with Gasteiger partial charge in [-0.05, 0) is 41.8 Å². The molecule has 1 aromatic carbocycles. The van der Waals surface area contributed by atoms with Crippen LogP contribution in [0.15, 0.2) is 35.4 Å². The van der Waals surface area contributed by atoms with Gasteiger partial charge in [-0.3, -0.25) is 0 Å². The van der Waals surface area contributed by atoms with Gasteiger partial charge < -0.3 is 4.74 Å². The van der Waals surface area contributed by atoms with Crippen LogP contribution in [0.25, 0.3) is 16.6 Å². The smallest absolute Gasteiger partial charge is 0.240 e. The lowest BCUT2D eigenvalue weighted by Crippen LogP contribution is -2.18. The molecule has 0 saturated heterocycles. The molecular formula is C14H12ClIN4O3S. The summed E-state index contributed by atoms with van der Waals surface area (Å²) in [5.41, 5.74) is 1.35. The van der Waals surface area contributed by atoms with Crippen molar-refractivity contribution in [2.75, 3.05) is 14.2 Å². The molecule has 7 nitrogen and oxygen atoms in total. The molecule has 2 aromatic heterocycles. The van der Waals surface area contributed by atoms with E-state index in [9.17, 15) is 8.42 Å². The predicted molar refractivity (Wildman–Crippen MR) is 99.4 cm³/mol. The summed E-state index contributed by atoms with van der Waals surface area (Å²) in [4.78, 5) is 4.17. The molecule has 0 aliphatic heterocycles. The topological polar surface area (TPSA) is 86.1 Å². The van der Waals surface area contributed by atoms with Crippen LogP contribution in [0.4, 0.5) is 0 Å². The van der Waals surface area contributed by atoms with Crippen LogP contribution in [0.5, 0.6) is 5.75 Å². The first-order chi connectivity index (χ1) is 11.4. The Balaban J connectivity index is 2.25. The van der Waals surface area contributed by atoms with Gasteiger partial charge in [0, 0.05) is 18.3 Å². The minimum absolute atomic E-state index is 0.108. The Kier molecular flexibility index (Phi) is 4.69. The molecule has 0 spiro atoms. The van der Waals surface area contributed by atoms with E-state index in [0.29, 0.717) is 16.6 Å². The van der Waals surface area contributed by atoms with Gasteiger partial charge in [0.15, 0.2) is 0 Å². The number of nitrogens with one attached hydrogen (secondary N) is 1. The zero-order valence-electron chi connectivity index (χ0n) is 12.6. The lowest BCUT2D eigenvalue weighted by atomic mass is 10.2. The Labute approximate surface area is 157 Å². The molecule has 3 aromatic rings. The van der Waals surface area contributed by atoms with Crippen molar-refractivity contribution in [1.29, 1.82) is 0 Å². The SMILES string of the molecule is CNS(=O)(=O)c1ccc(-n2nc(I)c3cnc(Cl)cc32)c(OC)c1. The second kappa shape index (κ2) is 6.47. The van der Waals surface area contributed by atoms with Crippen molar-refractivity contribution in [1.82, 2.24) is 19.5 Å². The number of sulfonamides is 1. The standard InChI is InChI=1S/C14H12ClIN4O3S/c1-17-24(21,22)8-3-4-10(12(5-8)23-2)20-11-6-13(15)18-7-9(11)14(16)19-20/h3-7,17H,1-2H3. The number of halogens is 2. The van der Waals surface area contributed by atoms with Crippen molar-refractivity contribution in [3.63, 3.8) is 0 Å². The van der Waals surface area contributed by atoms with E-state index in [4.69, 9.17) is 16.3 Å². The van der Waals surface area contributed by atoms with Crippen LogP contribution in [0.1, 0.15) is 0 Å². The number of rotatable bonds is 4. The zero-order valence-corrected chi connectivity index (χ0v) is 16.3. The van der Waals surface area contributed by atoms with Crippen molar-refractivity contribution >= 4 is 55.1 Å². The van der Waals surface area contributed by atoms with Crippen LogP contribution in [0, 0.1) is 3.70 Å². The van der Waals surface area contributed by atoms with E-state index in [2.05, 4.69) is 37.4 Å². The van der Waals surface area contributed by atoms with Gasteiger partial charge in [0.05, 0.1) is 22.9 Å². The molecule has 24 heavy (non-hydrogen) atoms. The van der Waals surface area contributed by atoms with E-state index >= 15 is 0 Å². The number of benzene rings is 1. The second-order valence-corrected chi connectivity index (χ2v) is 8.06. The number of hydrogen-bond donors (Lipinski definition) is 1. The minimum Gasteiger partial charge on any atom is -0.494 e. The maximum atomic E-state index is 12.0. The van der Waals surface area contributed by atoms with E-state index in [1.54, 1.807) is 23.0 Å². The average Bonchev–Trinajstić information content (AvgIpc) is 2.90. The van der Waals surface area contributed by atoms with Crippen LogP contribution in [0.2, 0.25) is 5.15 Å². The molecule has 1 N–H and O–H groups in total. The van der Waals surface area contributed by atoms with Gasteiger partial charge in [-0.25, -0.2) is 22.8 Å². The first kappa shape index (κ1) is 17.4. The highest BCUT2D eigenvalue weighted by Crippen LogP contribution is 2.31. The Bertz CT molecular complexity index is 1040. The van der Waals surface area contributed by atoms with Crippen molar-refractivity contribution in [3.8, 4) is 11.4 Å². The molecule has 126 valence electrons. The van der Waals surface area contributed by atoms with Gasteiger partial charge in [0.1, 0.15) is 20.3 Å². The Hall–Kier alpha value is -1.43. The van der Waals surface area contributed by atoms with Gasteiger partial charge in [-0.2, -0.15) is 5.10 Å². The van der Waals surface area contributed by atoms with Crippen molar-refractivity contribution in [2.45, 2.75) is 4.90 Å². The first-order valence-corrected chi connectivity index (χ1v) is 9.63. The molecule has 10 heteroatoms. The molecule has 0 radical (unpaired) electrons. The van der Waals surface area contributed by atoms with E-state index in [1.165, 1.54) is 26.3 Å². The lowest BCUT2D eigenvalue weighted by Gasteiger charge is -2.11. The van der Waals surface area contributed by atoms with Crippen LogP contribution < -0.4 is 9.46 Å². The molecule has 0 atom stereocenters. The normalized spacial score (nSPS) is 11.8. The number of hydrogen-bond acceptors (Lipinski definition) is 5. The summed E-state index contributed by atoms with van der Waals surface area (Å²) < 4.78 is 34.0. The Morgan fingerprint density at radius 3 is 2.75 bits per heavy atom. The van der Waals surface area contributed by atoms with E-state index in [-0.39, 0.29) is 4.90 Å². The summed E-state index contributed by atoms with van der Waals surface area (Å²) in [6.45, 7) is 0. The third-order valence-corrected chi connectivity index (χ3v) is 5.86. The summed E-state index contributed by atoms with van der Waals surface area (Å²) in [5.74, 6) is 0.375. The minimum atomic E-state index is -3.57. The molecular weight excluding hydrogens is 467 g/mol. The lowest BCUT2D eigenvalue weighted by molar-refractivity contribution is 0.410. The monoisotopic (exact) mass is 478 g/mol. The molecule has 0 amide bonds. The van der Waals surface area contributed by atoms with Gasteiger partial charge in [0.25, 0.3) is 0 Å². The maximum Gasteiger partial charge on any atom is 0.240 e. The van der Waals surface area contributed by atoms with Crippen LogP contribution in [0.3, 0.4) is 0 Å².